The molecule has 0 saturated carbocycles. The van der Waals surface area contributed by atoms with Gasteiger partial charge in [-0.15, -0.1) is 0 Å². The predicted molar refractivity (Wildman–Crippen MR) is 75.5 cm³/mol. The Balaban J connectivity index is 1.81. The molecule has 100 valence electrons. The second-order valence-electron chi connectivity index (χ2n) is 5.10. The van der Waals surface area contributed by atoms with Gasteiger partial charge in [-0.1, -0.05) is 12.1 Å². The maximum Gasteiger partial charge on any atom is 0.138 e. The summed E-state index contributed by atoms with van der Waals surface area (Å²) in [6, 6.07) is 8.74. The highest BCUT2D eigenvalue weighted by Gasteiger charge is 2.18. The molecule has 1 aromatic heterocycles. The van der Waals surface area contributed by atoms with Gasteiger partial charge in [0.05, 0.1) is 11.4 Å². The minimum absolute atomic E-state index is 0.503. The first-order valence-corrected chi connectivity index (χ1v) is 6.72. The van der Waals surface area contributed by atoms with Crippen molar-refractivity contribution in [2.45, 2.75) is 18.9 Å². The lowest BCUT2D eigenvalue weighted by Gasteiger charge is -2.31. The zero-order valence-corrected chi connectivity index (χ0v) is 11.2. The van der Waals surface area contributed by atoms with Gasteiger partial charge in [0, 0.05) is 12.6 Å². The summed E-state index contributed by atoms with van der Waals surface area (Å²) in [5.74, 6) is 0. The van der Waals surface area contributed by atoms with E-state index in [0.717, 1.165) is 17.9 Å². The molecule has 1 aliphatic rings. The fraction of sp³-hybridized carbons (Fsp3) is 0.429. The summed E-state index contributed by atoms with van der Waals surface area (Å²) in [4.78, 5) is 6.39. The Bertz CT molecular complexity index is 522. The number of nitrogens with zero attached hydrogens (tertiary/aromatic N) is 4. The summed E-state index contributed by atoms with van der Waals surface area (Å²) < 4.78 is 1.80. The van der Waals surface area contributed by atoms with Crippen molar-refractivity contribution in [1.29, 1.82) is 0 Å². The number of likely N-dealkylation sites (N-methyl/N-ethyl adjacent to an activating group) is 1. The van der Waals surface area contributed by atoms with Crippen LogP contribution in [0.15, 0.2) is 36.9 Å². The number of piperidine rings is 1. The van der Waals surface area contributed by atoms with E-state index in [1.54, 1.807) is 17.3 Å². The lowest BCUT2D eigenvalue weighted by atomic mass is 10.1. The van der Waals surface area contributed by atoms with Gasteiger partial charge in [0.1, 0.15) is 12.7 Å². The molecule has 1 unspecified atom stereocenters. The zero-order chi connectivity index (χ0) is 13.1. The Morgan fingerprint density at radius 3 is 3.00 bits per heavy atom. The quantitative estimate of drug-likeness (QED) is 0.910. The standard InChI is InChI=1S/C14H19N5/c1-18-8-4-5-12(9-18)17-13-6-2-3-7-14(13)19-11-15-10-16-19/h2-3,6-7,10-12,17H,4-5,8-9H2,1H3. The van der Waals surface area contributed by atoms with E-state index in [2.05, 4.69) is 45.5 Å². The van der Waals surface area contributed by atoms with Crippen molar-refractivity contribution < 1.29 is 0 Å². The molecule has 2 heterocycles. The Morgan fingerprint density at radius 2 is 2.21 bits per heavy atom. The number of nitrogens with one attached hydrogen (secondary N) is 1. The lowest BCUT2D eigenvalue weighted by molar-refractivity contribution is 0.261. The molecule has 0 spiro atoms. The van der Waals surface area contributed by atoms with Crippen LogP contribution in [0, 0.1) is 0 Å². The second-order valence-corrected chi connectivity index (χ2v) is 5.10. The van der Waals surface area contributed by atoms with Gasteiger partial charge < -0.3 is 10.2 Å². The number of aromatic nitrogens is 3. The van der Waals surface area contributed by atoms with Crippen molar-refractivity contribution >= 4 is 5.69 Å². The van der Waals surface area contributed by atoms with Crippen LogP contribution in [-0.2, 0) is 0 Å². The molecule has 0 bridgehead atoms. The summed E-state index contributed by atoms with van der Waals surface area (Å²) >= 11 is 0. The average molecular weight is 257 g/mol. The smallest absolute Gasteiger partial charge is 0.138 e. The van der Waals surface area contributed by atoms with E-state index in [4.69, 9.17) is 0 Å². The number of likely N-dealkylation sites (tertiary alicyclic amines) is 1. The first-order chi connectivity index (χ1) is 9.33. The Hall–Kier alpha value is -1.88. The van der Waals surface area contributed by atoms with Crippen LogP contribution in [0.3, 0.4) is 0 Å². The summed E-state index contributed by atoms with van der Waals surface area (Å²) in [5.41, 5.74) is 2.17. The van der Waals surface area contributed by atoms with Crippen LogP contribution in [0.25, 0.3) is 5.69 Å². The Kier molecular flexibility index (Phi) is 3.46. The number of para-hydroxylation sites is 2. The van der Waals surface area contributed by atoms with Gasteiger partial charge in [0.2, 0.25) is 0 Å². The van der Waals surface area contributed by atoms with Crippen molar-refractivity contribution in [3.63, 3.8) is 0 Å². The topological polar surface area (TPSA) is 46.0 Å². The summed E-state index contributed by atoms with van der Waals surface area (Å²) in [6.07, 6.45) is 5.76. The minimum Gasteiger partial charge on any atom is -0.379 e. The third-order valence-corrected chi connectivity index (χ3v) is 3.55. The fourth-order valence-corrected chi connectivity index (χ4v) is 2.63. The van der Waals surface area contributed by atoms with Crippen LogP contribution in [0.4, 0.5) is 5.69 Å². The van der Waals surface area contributed by atoms with E-state index < -0.39 is 0 Å². The van der Waals surface area contributed by atoms with Crippen molar-refractivity contribution in [2.75, 3.05) is 25.5 Å². The Labute approximate surface area is 113 Å². The minimum atomic E-state index is 0.503. The van der Waals surface area contributed by atoms with Crippen molar-refractivity contribution in [3.05, 3.63) is 36.9 Å². The van der Waals surface area contributed by atoms with Crippen LogP contribution < -0.4 is 5.32 Å². The highest BCUT2D eigenvalue weighted by molar-refractivity contribution is 5.60. The van der Waals surface area contributed by atoms with Crippen LogP contribution >= 0.6 is 0 Å². The molecule has 1 atom stereocenters. The first-order valence-electron chi connectivity index (χ1n) is 6.72. The molecule has 1 aromatic carbocycles. The second kappa shape index (κ2) is 5.40. The van der Waals surface area contributed by atoms with E-state index in [1.807, 2.05) is 6.07 Å². The van der Waals surface area contributed by atoms with E-state index in [1.165, 1.54) is 19.4 Å². The third kappa shape index (κ3) is 2.76. The molecule has 19 heavy (non-hydrogen) atoms. The maximum atomic E-state index is 4.21. The van der Waals surface area contributed by atoms with Crippen LogP contribution in [0.5, 0.6) is 0 Å². The largest absolute Gasteiger partial charge is 0.379 e. The van der Waals surface area contributed by atoms with Crippen molar-refractivity contribution in [3.8, 4) is 5.69 Å². The molecule has 1 aliphatic heterocycles. The molecule has 0 aliphatic carbocycles. The first kappa shape index (κ1) is 12.2. The van der Waals surface area contributed by atoms with Gasteiger partial charge >= 0.3 is 0 Å². The average Bonchev–Trinajstić information content (AvgIpc) is 2.93. The van der Waals surface area contributed by atoms with E-state index in [9.17, 15) is 0 Å². The normalized spacial score (nSPS) is 20.4. The highest BCUT2D eigenvalue weighted by atomic mass is 15.3. The molecule has 1 fully saturated rings. The van der Waals surface area contributed by atoms with E-state index >= 15 is 0 Å². The number of anilines is 1. The van der Waals surface area contributed by atoms with Crippen molar-refractivity contribution in [1.82, 2.24) is 19.7 Å². The number of rotatable bonds is 3. The maximum absolute atomic E-state index is 4.21. The van der Waals surface area contributed by atoms with Gasteiger partial charge in [0.25, 0.3) is 0 Å². The number of hydrogen-bond donors (Lipinski definition) is 1. The van der Waals surface area contributed by atoms with Gasteiger partial charge in [0.15, 0.2) is 0 Å². The van der Waals surface area contributed by atoms with Gasteiger partial charge in [-0.25, -0.2) is 9.67 Å². The predicted octanol–water partition coefficient (Wildman–Crippen LogP) is 1.77. The third-order valence-electron chi connectivity index (χ3n) is 3.55. The fourth-order valence-electron chi connectivity index (χ4n) is 2.63. The monoisotopic (exact) mass is 257 g/mol. The van der Waals surface area contributed by atoms with Gasteiger partial charge in [-0.3, -0.25) is 0 Å². The molecule has 1 saturated heterocycles. The molecule has 5 nitrogen and oxygen atoms in total. The highest BCUT2D eigenvalue weighted by Crippen LogP contribution is 2.21. The SMILES string of the molecule is CN1CCCC(Nc2ccccc2-n2cncn2)C1. The molecular weight excluding hydrogens is 238 g/mol. The van der Waals surface area contributed by atoms with Crippen molar-refractivity contribution in [2.24, 2.45) is 0 Å². The molecule has 1 N–H and O–H groups in total. The number of hydrogen-bond acceptors (Lipinski definition) is 4. The van der Waals surface area contributed by atoms with Crippen LogP contribution in [0.2, 0.25) is 0 Å². The molecule has 0 radical (unpaired) electrons. The molecule has 5 heteroatoms. The Morgan fingerprint density at radius 1 is 1.32 bits per heavy atom. The van der Waals surface area contributed by atoms with E-state index in [0.29, 0.717) is 6.04 Å². The van der Waals surface area contributed by atoms with Gasteiger partial charge in [-0.05, 0) is 38.6 Å². The zero-order valence-electron chi connectivity index (χ0n) is 11.2. The molecule has 2 aromatic rings. The number of benzene rings is 1. The lowest BCUT2D eigenvalue weighted by Crippen LogP contribution is -2.39. The van der Waals surface area contributed by atoms with E-state index in [-0.39, 0.29) is 0 Å². The summed E-state index contributed by atoms with van der Waals surface area (Å²) in [6.45, 7) is 2.29. The molecule has 3 rings (SSSR count). The molecule has 0 amide bonds. The summed E-state index contributed by atoms with van der Waals surface area (Å²) in [7, 11) is 2.18. The van der Waals surface area contributed by atoms with Gasteiger partial charge in [-0.2, -0.15) is 5.10 Å². The summed E-state index contributed by atoms with van der Waals surface area (Å²) in [5, 5.41) is 7.85. The van der Waals surface area contributed by atoms with Crippen LogP contribution in [-0.4, -0.2) is 45.8 Å². The van der Waals surface area contributed by atoms with Crippen LogP contribution in [0.1, 0.15) is 12.8 Å². The molecular formula is C14H19N5.